The molecule has 0 fully saturated rings. The molecule has 1 heterocycles. The molecule has 0 aliphatic rings. The minimum Gasteiger partial charge on any atom is -0.358 e. The van der Waals surface area contributed by atoms with E-state index < -0.39 is 9.84 Å². The van der Waals surface area contributed by atoms with Crippen LogP contribution in [0.2, 0.25) is 0 Å². The van der Waals surface area contributed by atoms with Crippen LogP contribution in [0.4, 0.5) is 0 Å². The van der Waals surface area contributed by atoms with E-state index in [1.165, 1.54) is 0 Å². The molecule has 0 saturated carbocycles. The highest BCUT2D eigenvalue weighted by Gasteiger charge is 2.21. The summed E-state index contributed by atoms with van der Waals surface area (Å²) in [5, 5.41) is 3.76. The van der Waals surface area contributed by atoms with E-state index in [4.69, 9.17) is 0 Å². The lowest BCUT2D eigenvalue weighted by Crippen LogP contribution is -2.15. The van der Waals surface area contributed by atoms with Crippen molar-refractivity contribution in [1.29, 1.82) is 0 Å². The minimum atomic E-state index is -3.22. The highest BCUT2D eigenvalue weighted by atomic mass is 32.2. The Morgan fingerprint density at radius 3 is 2.72 bits per heavy atom. The number of H-pyrrole nitrogens is 1. The number of aromatic amines is 1. The van der Waals surface area contributed by atoms with Crippen LogP contribution < -0.4 is 5.32 Å². The van der Waals surface area contributed by atoms with Gasteiger partial charge in [0.25, 0.3) is 0 Å². The minimum absolute atomic E-state index is 0.177. The number of fused-ring (bicyclic) bond motifs is 1. The third-order valence-corrected chi connectivity index (χ3v) is 4.96. The van der Waals surface area contributed by atoms with Gasteiger partial charge in [-0.25, -0.2) is 8.42 Å². The van der Waals surface area contributed by atoms with Gasteiger partial charge in [-0.2, -0.15) is 0 Å². The van der Waals surface area contributed by atoms with E-state index in [0.717, 1.165) is 16.6 Å². The van der Waals surface area contributed by atoms with Gasteiger partial charge in [-0.15, -0.1) is 0 Å². The third-order valence-electron chi connectivity index (χ3n) is 2.99. The zero-order chi connectivity index (χ0) is 13.2. The summed E-state index contributed by atoms with van der Waals surface area (Å²) in [4.78, 5) is 3.58. The van der Waals surface area contributed by atoms with Gasteiger partial charge < -0.3 is 10.3 Å². The Kier molecular flexibility index (Phi) is 3.73. The summed E-state index contributed by atoms with van der Waals surface area (Å²) in [6, 6.07) is 7.51. The number of rotatable bonds is 5. The zero-order valence-electron chi connectivity index (χ0n) is 10.7. The van der Waals surface area contributed by atoms with E-state index in [2.05, 4.69) is 10.3 Å². The Bertz CT molecular complexity index is 644. The van der Waals surface area contributed by atoms with Gasteiger partial charge in [-0.1, -0.05) is 18.2 Å². The third kappa shape index (κ3) is 2.42. The summed E-state index contributed by atoms with van der Waals surface area (Å²) in [5.41, 5.74) is 1.60. The molecule has 0 spiro atoms. The fraction of sp³-hybridized carbons (Fsp3) is 0.385. The van der Waals surface area contributed by atoms with Crippen molar-refractivity contribution in [3.8, 4) is 0 Å². The molecule has 0 amide bonds. The van der Waals surface area contributed by atoms with Gasteiger partial charge in [0.1, 0.15) is 0 Å². The first-order chi connectivity index (χ1) is 8.56. The van der Waals surface area contributed by atoms with Crippen LogP contribution in [0.5, 0.6) is 0 Å². The summed E-state index contributed by atoms with van der Waals surface area (Å²) < 4.78 is 24.7. The molecule has 18 heavy (non-hydrogen) atoms. The molecule has 2 N–H and O–H groups in total. The van der Waals surface area contributed by atoms with Gasteiger partial charge in [-0.05, 0) is 33.0 Å². The standard InChI is InChI=1S/C13H18N2O2S/c1-10-13(18(16,17)9-5-8-14-2)11-6-3-4-7-12(11)15-10/h3-4,6-7,14-15H,5,8-9H2,1-2H3. The Hall–Kier alpha value is -1.33. The van der Waals surface area contributed by atoms with Crippen LogP contribution in [-0.4, -0.2) is 32.7 Å². The van der Waals surface area contributed by atoms with E-state index in [0.29, 0.717) is 17.9 Å². The molecule has 2 rings (SSSR count). The Balaban J connectivity index is 2.43. The number of nitrogens with one attached hydrogen (secondary N) is 2. The van der Waals surface area contributed by atoms with Crippen molar-refractivity contribution in [2.24, 2.45) is 0 Å². The molecule has 0 radical (unpaired) electrons. The lowest BCUT2D eigenvalue weighted by atomic mass is 10.2. The molecule has 98 valence electrons. The monoisotopic (exact) mass is 266 g/mol. The zero-order valence-corrected chi connectivity index (χ0v) is 11.5. The van der Waals surface area contributed by atoms with Crippen molar-refractivity contribution >= 4 is 20.7 Å². The van der Waals surface area contributed by atoms with E-state index in [1.54, 1.807) is 0 Å². The first-order valence-electron chi connectivity index (χ1n) is 6.01. The summed E-state index contributed by atoms with van der Waals surface area (Å²) in [5.74, 6) is 0.177. The van der Waals surface area contributed by atoms with Crippen LogP contribution in [0.15, 0.2) is 29.2 Å². The summed E-state index contributed by atoms with van der Waals surface area (Å²) in [6.07, 6.45) is 0.623. The molecule has 0 bridgehead atoms. The Labute approximate surface area is 107 Å². The number of sulfone groups is 1. The van der Waals surface area contributed by atoms with Gasteiger partial charge in [-0.3, -0.25) is 0 Å². The molecule has 0 saturated heterocycles. The van der Waals surface area contributed by atoms with Gasteiger partial charge in [0, 0.05) is 16.6 Å². The van der Waals surface area contributed by atoms with E-state index >= 15 is 0 Å². The second kappa shape index (κ2) is 5.12. The molecule has 0 aliphatic heterocycles. The Morgan fingerprint density at radius 1 is 1.28 bits per heavy atom. The van der Waals surface area contributed by atoms with E-state index in [-0.39, 0.29) is 5.75 Å². The topological polar surface area (TPSA) is 62.0 Å². The van der Waals surface area contributed by atoms with Gasteiger partial charge >= 0.3 is 0 Å². The molecule has 5 heteroatoms. The average molecular weight is 266 g/mol. The highest BCUT2D eigenvalue weighted by molar-refractivity contribution is 7.91. The number of hydrogen-bond acceptors (Lipinski definition) is 3. The summed E-state index contributed by atoms with van der Waals surface area (Å²) in [6.45, 7) is 2.52. The summed E-state index contributed by atoms with van der Waals surface area (Å²) >= 11 is 0. The van der Waals surface area contributed by atoms with Crippen LogP contribution in [0, 0.1) is 6.92 Å². The van der Waals surface area contributed by atoms with Crippen molar-refractivity contribution in [1.82, 2.24) is 10.3 Å². The van der Waals surface area contributed by atoms with E-state index in [1.807, 2.05) is 38.2 Å². The number of hydrogen-bond donors (Lipinski definition) is 2. The molecule has 0 unspecified atom stereocenters. The van der Waals surface area contributed by atoms with Crippen molar-refractivity contribution in [3.05, 3.63) is 30.0 Å². The second-order valence-electron chi connectivity index (χ2n) is 4.40. The molecular weight excluding hydrogens is 248 g/mol. The maximum absolute atomic E-state index is 12.4. The predicted molar refractivity (Wildman–Crippen MR) is 73.6 cm³/mol. The first-order valence-corrected chi connectivity index (χ1v) is 7.66. The van der Waals surface area contributed by atoms with Gasteiger partial charge in [0.2, 0.25) is 0 Å². The maximum atomic E-state index is 12.4. The largest absolute Gasteiger partial charge is 0.358 e. The highest BCUT2D eigenvalue weighted by Crippen LogP contribution is 2.27. The first kappa shape index (κ1) is 13.1. The SMILES string of the molecule is CNCCCS(=O)(=O)c1c(C)[nH]c2ccccc12. The number of aromatic nitrogens is 1. The number of para-hydroxylation sites is 1. The van der Waals surface area contributed by atoms with Crippen LogP contribution in [0.1, 0.15) is 12.1 Å². The average Bonchev–Trinajstić information content (AvgIpc) is 2.65. The van der Waals surface area contributed by atoms with Gasteiger partial charge in [0.15, 0.2) is 9.84 Å². The lowest BCUT2D eigenvalue weighted by molar-refractivity contribution is 0.592. The molecule has 2 aromatic rings. The quantitative estimate of drug-likeness (QED) is 0.812. The molecule has 0 atom stereocenters. The molecular formula is C13H18N2O2S. The van der Waals surface area contributed by atoms with E-state index in [9.17, 15) is 8.42 Å². The summed E-state index contributed by atoms with van der Waals surface area (Å²) in [7, 11) is -1.39. The van der Waals surface area contributed by atoms with Crippen LogP contribution in [-0.2, 0) is 9.84 Å². The van der Waals surface area contributed by atoms with Crippen molar-refractivity contribution < 1.29 is 8.42 Å². The number of aryl methyl sites for hydroxylation is 1. The van der Waals surface area contributed by atoms with Crippen LogP contribution in [0.3, 0.4) is 0 Å². The molecule has 4 nitrogen and oxygen atoms in total. The fourth-order valence-electron chi connectivity index (χ4n) is 2.19. The van der Waals surface area contributed by atoms with Gasteiger partial charge in [0.05, 0.1) is 10.6 Å². The van der Waals surface area contributed by atoms with Crippen LogP contribution >= 0.6 is 0 Å². The van der Waals surface area contributed by atoms with Crippen molar-refractivity contribution in [3.63, 3.8) is 0 Å². The van der Waals surface area contributed by atoms with Crippen molar-refractivity contribution in [2.45, 2.75) is 18.2 Å². The normalized spacial score (nSPS) is 12.1. The van der Waals surface area contributed by atoms with Crippen LogP contribution in [0.25, 0.3) is 10.9 Å². The smallest absolute Gasteiger partial charge is 0.180 e. The molecule has 1 aromatic heterocycles. The maximum Gasteiger partial charge on any atom is 0.180 e. The molecule has 0 aliphatic carbocycles. The second-order valence-corrected chi connectivity index (χ2v) is 6.45. The van der Waals surface area contributed by atoms with Crippen molar-refractivity contribution in [2.75, 3.05) is 19.3 Å². The lowest BCUT2D eigenvalue weighted by Gasteiger charge is -2.04. The Morgan fingerprint density at radius 2 is 2.00 bits per heavy atom. The number of benzene rings is 1. The fourth-order valence-corrected chi connectivity index (χ4v) is 3.95. The predicted octanol–water partition coefficient (Wildman–Crippen LogP) is 1.86. The molecule has 1 aromatic carbocycles.